The van der Waals surface area contributed by atoms with Crippen LogP contribution in [0.2, 0.25) is 0 Å². The van der Waals surface area contributed by atoms with Crippen LogP contribution in [0.15, 0.2) is 22.5 Å². The Hall–Kier alpha value is -0.350. The number of nitrogens with one attached hydrogen (secondary N) is 2. The van der Waals surface area contributed by atoms with Gasteiger partial charge in [0, 0.05) is 36.7 Å². The predicted molar refractivity (Wildman–Crippen MR) is 102 cm³/mol. The fourth-order valence-corrected chi connectivity index (χ4v) is 3.10. The molecule has 1 atom stereocenters. The van der Waals surface area contributed by atoms with E-state index in [9.17, 15) is 8.42 Å². The molecule has 0 spiro atoms. The molecule has 1 unspecified atom stereocenters. The molecule has 0 bridgehead atoms. The van der Waals surface area contributed by atoms with Gasteiger partial charge in [-0.25, -0.2) is 8.42 Å². The van der Waals surface area contributed by atoms with E-state index in [1.165, 1.54) is 4.88 Å². The van der Waals surface area contributed by atoms with Gasteiger partial charge in [-0.05, 0) is 11.4 Å². The van der Waals surface area contributed by atoms with Gasteiger partial charge in [0.1, 0.15) is 0 Å². The second-order valence-electron chi connectivity index (χ2n) is 4.53. The smallest absolute Gasteiger partial charge is 0.191 e. The van der Waals surface area contributed by atoms with Crippen molar-refractivity contribution in [3.8, 4) is 0 Å². The summed E-state index contributed by atoms with van der Waals surface area (Å²) in [5, 5.41) is 8.30. The Bertz CT molecular complexity index is 516. The highest BCUT2D eigenvalue weighted by Gasteiger charge is 2.09. The van der Waals surface area contributed by atoms with Crippen molar-refractivity contribution in [3.63, 3.8) is 0 Å². The van der Waals surface area contributed by atoms with E-state index in [4.69, 9.17) is 0 Å². The number of halogens is 1. The number of hydrogen-bond donors (Lipinski definition) is 2. The van der Waals surface area contributed by atoms with Gasteiger partial charge in [-0.3, -0.25) is 4.99 Å². The zero-order valence-corrected chi connectivity index (χ0v) is 16.6. The Kier molecular flexibility index (Phi) is 10.2. The molecular weight excluding hydrogens is 421 g/mol. The second-order valence-corrected chi connectivity index (χ2v) is 7.98. The molecule has 0 radical (unpaired) electrons. The lowest BCUT2D eigenvalue weighted by Crippen LogP contribution is -2.41. The highest BCUT2D eigenvalue weighted by molar-refractivity contribution is 14.0. The molecule has 1 aromatic heterocycles. The Morgan fingerprint density at radius 3 is 2.67 bits per heavy atom. The van der Waals surface area contributed by atoms with Crippen LogP contribution < -0.4 is 10.6 Å². The van der Waals surface area contributed by atoms with Crippen molar-refractivity contribution in [2.45, 2.75) is 19.8 Å². The van der Waals surface area contributed by atoms with Crippen LogP contribution in [-0.4, -0.2) is 46.0 Å². The van der Waals surface area contributed by atoms with E-state index < -0.39 is 9.84 Å². The average Bonchev–Trinajstić information content (AvgIpc) is 2.96. The van der Waals surface area contributed by atoms with Crippen molar-refractivity contribution in [2.24, 2.45) is 4.99 Å². The Morgan fingerprint density at radius 2 is 2.14 bits per heavy atom. The number of hydrogen-bond acceptors (Lipinski definition) is 4. The van der Waals surface area contributed by atoms with Gasteiger partial charge in [-0.2, -0.15) is 0 Å². The van der Waals surface area contributed by atoms with E-state index in [2.05, 4.69) is 34.0 Å². The van der Waals surface area contributed by atoms with E-state index in [1.54, 1.807) is 25.3 Å². The molecule has 0 aromatic carbocycles. The predicted octanol–water partition coefficient (Wildman–Crippen LogP) is 2.07. The highest BCUT2D eigenvalue weighted by atomic mass is 127. The molecule has 0 aliphatic carbocycles. The van der Waals surface area contributed by atoms with Crippen molar-refractivity contribution in [1.82, 2.24) is 10.6 Å². The van der Waals surface area contributed by atoms with Crippen molar-refractivity contribution in [2.75, 3.05) is 31.6 Å². The Morgan fingerprint density at radius 1 is 1.43 bits per heavy atom. The summed E-state index contributed by atoms with van der Waals surface area (Å²) in [7, 11) is -1.25. The molecule has 122 valence electrons. The van der Waals surface area contributed by atoms with E-state index in [-0.39, 0.29) is 35.5 Å². The zero-order chi connectivity index (χ0) is 15.0. The Labute approximate surface area is 148 Å². The van der Waals surface area contributed by atoms with Crippen molar-refractivity contribution in [1.29, 1.82) is 0 Å². The fourth-order valence-electron chi connectivity index (χ4n) is 1.61. The highest BCUT2D eigenvalue weighted by Crippen LogP contribution is 2.19. The summed E-state index contributed by atoms with van der Waals surface area (Å²) in [5.41, 5.74) is 0. The molecule has 1 aromatic rings. The lowest BCUT2D eigenvalue weighted by molar-refractivity contribution is 0.595. The maximum Gasteiger partial charge on any atom is 0.191 e. The molecule has 8 heteroatoms. The van der Waals surface area contributed by atoms with Crippen LogP contribution in [0, 0.1) is 0 Å². The third-order valence-corrected chi connectivity index (χ3v) is 5.78. The van der Waals surface area contributed by atoms with Crippen LogP contribution in [0.4, 0.5) is 0 Å². The van der Waals surface area contributed by atoms with Crippen LogP contribution in [0.25, 0.3) is 0 Å². The van der Waals surface area contributed by atoms with Crippen LogP contribution in [0.3, 0.4) is 0 Å². The van der Waals surface area contributed by atoms with E-state index >= 15 is 0 Å². The minimum Gasteiger partial charge on any atom is -0.356 e. The van der Waals surface area contributed by atoms with Gasteiger partial charge < -0.3 is 10.6 Å². The molecule has 0 fully saturated rings. The van der Waals surface area contributed by atoms with Crippen molar-refractivity contribution in [3.05, 3.63) is 22.4 Å². The van der Waals surface area contributed by atoms with Gasteiger partial charge >= 0.3 is 0 Å². The number of sulfone groups is 1. The number of rotatable bonds is 7. The molecule has 5 nitrogen and oxygen atoms in total. The Balaban J connectivity index is 0.00000400. The first-order valence-electron chi connectivity index (χ1n) is 6.67. The number of aliphatic imine (C=N–C) groups is 1. The number of thiophene rings is 1. The topological polar surface area (TPSA) is 70.6 Å². The van der Waals surface area contributed by atoms with Crippen LogP contribution >= 0.6 is 35.3 Å². The first kappa shape index (κ1) is 20.6. The minimum absolute atomic E-state index is 0. The summed E-state index contributed by atoms with van der Waals surface area (Å²) in [6.45, 7) is 4.95. The van der Waals surface area contributed by atoms with Gasteiger partial charge in [0.05, 0.1) is 5.75 Å². The molecule has 0 saturated carbocycles. The molecule has 0 aliphatic heterocycles. The normalized spacial score (nSPS) is 13.4. The van der Waals surface area contributed by atoms with Gasteiger partial charge in [0.2, 0.25) is 0 Å². The van der Waals surface area contributed by atoms with Gasteiger partial charge in [0.15, 0.2) is 15.8 Å². The summed E-state index contributed by atoms with van der Waals surface area (Å²) >= 11 is 1.73. The SMILES string of the molecule is CCS(=O)(=O)CCNC(=NC)NCC(C)c1cccs1.I. The third-order valence-electron chi connectivity index (χ3n) is 2.97. The molecule has 21 heavy (non-hydrogen) atoms. The lowest BCUT2D eigenvalue weighted by Gasteiger charge is -2.15. The lowest BCUT2D eigenvalue weighted by atomic mass is 10.1. The molecule has 0 amide bonds. The standard InChI is InChI=1S/C13H23N3O2S2.HI/c1-4-20(17,18)9-7-15-13(14-3)16-10-11(2)12-6-5-8-19-12;/h5-6,8,11H,4,7,9-10H2,1-3H3,(H2,14,15,16);1H. The molecule has 1 rings (SSSR count). The zero-order valence-electron chi connectivity index (χ0n) is 12.6. The molecule has 0 saturated heterocycles. The monoisotopic (exact) mass is 445 g/mol. The minimum atomic E-state index is -2.93. The van der Waals surface area contributed by atoms with Crippen molar-refractivity contribution < 1.29 is 8.42 Å². The number of nitrogens with zero attached hydrogens (tertiary/aromatic N) is 1. The maximum absolute atomic E-state index is 11.4. The maximum atomic E-state index is 11.4. The summed E-state index contributed by atoms with van der Waals surface area (Å²) in [6.07, 6.45) is 0. The fraction of sp³-hybridized carbons (Fsp3) is 0.615. The van der Waals surface area contributed by atoms with E-state index in [1.807, 2.05) is 6.07 Å². The van der Waals surface area contributed by atoms with Gasteiger partial charge in [-0.15, -0.1) is 35.3 Å². The molecule has 2 N–H and O–H groups in total. The van der Waals surface area contributed by atoms with Crippen molar-refractivity contribution >= 4 is 51.1 Å². The van der Waals surface area contributed by atoms with Gasteiger partial charge in [-0.1, -0.05) is 19.9 Å². The van der Waals surface area contributed by atoms with Crippen LogP contribution in [-0.2, 0) is 9.84 Å². The first-order chi connectivity index (χ1) is 9.48. The number of guanidine groups is 1. The first-order valence-corrected chi connectivity index (χ1v) is 9.37. The summed E-state index contributed by atoms with van der Waals surface area (Å²) in [6, 6.07) is 4.15. The van der Waals surface area contributed by atoms with E-state index in [0.29, 0.717) is 18.4 Å². The summed E-state index contributed by atoms with van der Waals surface area (Å²) < 4.78 is 22.8. The van der Waals surface area contributed by atoms with Crippen LogP contribution in [0.1, 0.15) is 24.6 Å². The molecule has 0 aliphatic rings. The molecular formula is C13H24IN3O2S2. The second kappa shape index (κ2) is 10.4. The summed E-state index contributed by atoms with van der Waals surface area (Å²) in [5.74, 6) is 1.34. The van der Waals surface area contributed by atoms with Gasteiger partial charge in [0.25, 0.3) is 0 Å². The summed E-state index contributed by atoms with van der Waals surface area (Å²) in [4.78, 5) is 5.41. The van der Waals surface area contributed by atoms with E-state index in [0.717, 1.165) is 6.54 Å². The molecule has 1 heterocycles. The quantitative estimate of drug-likeness (QED) is 0.383. The average molecular weight is 445 g/mol. The largest absolute Gasteiger partial charge is 0.356 e. The van der Waals surface area contributed by atoms with Crippen LogP contribution in [0.5, 0.6) is 0 Å². The third kappa shape index (κ3) is 8.01.